The fraction of sp³-hybridized carbons (Fsp3) is 0.300. The molecule has 0 aromatic heterocycles. The third-order valence-corrected chi connectivity index (χ3v) is 5.04. The molecule has 1 fully saturated rings. The van der Waals surface area contributed by atoms with E-state index in [2.05, 4.69) is 61.5 Å². The maximum atomic E-state index is 2.44. The SMILES string of the molecule is CC(=Cc1ccc2c(c1)C1CCC2C1)c1ccccc1. The zero-order valence-electron chi connectivity index (χ0n) is 12.0. The molecule has 0 aliphatic heterocycles. The zero-order valence-corrected chi connectivity index (χ0v) is 12.0. The first kappa shape index (κ1) is 12.0. The molecule has 0 saturated heterocycles. The van der Waals surface area contributed by atoms with E-state index in [0.717, 1.165) is 11.8 Å². The predicted octanol–water partition coefficient (Wildman–Crippen LogP) is 5.61. The van der Waals surface area contributed by atoms with Gasteiger partial charge in [0.2, 0.25) is 0 Å². The van der Waals surface area contributed by atoms with Gasteiger partial charge < -0.3 is 0 Å². The van der Waals surface area contributed by atoms with E-state index in [0.29, 0.717) is 0 Å². The van der Waals surface area contributed by atoms with E-state index in [9.17, 15) is 0 Å². The molecule has 0 radical (unpaired) electrons. The summed E-state index contributed by atoms with van der Waals surface area (Å²) in [4.78, 5) is 0. The monoisotopic (exact) mass is 260 g/mol. The van der Waals surface area contributed by atoms with Crippen LogP contribution in [0.15, 0.2) is 48.5 Å². The van der Waals surface area contributed by atoms with E-state index in [1.54, 1.807) is 11.1 Å². The second kappa shape index (κ2) is 4.63. The van der Waals surface area contributed by atoms with Crippen LogP contribution in [0.3, 0.4) is 0 Å². The molecule has 0 N–H and O–H groups in total. The van der Waals surface area contributed by atoms with Gasteiger partial charge in [-0.25, -0.2) is 0 Å². The predicted molar refractivity (Wildman–Crippen MR) is 85.8 cm³/mol. The van der Waals surface area contributed by atoms with Crippen molar-refractivity contribution in [3.8, 4) is 0 Å². The van der Waals surface area contributed by atoms with Crippen LogP contribution in [0.25, 0.3) is 11.6 Å². The Labute approximate surface area is 121 Å². The Kier molecular flexibility index (Phi) is 2.77. The van der Waals surface area contributed by atoms with Gasteiger partial charge in [0.1, 0.15) is 0 Å². The lowest BCUT2D eigenvalue weighted by Gasteiger charge is -2.15. The summed E-state index contributed by atoms with van der Waals surface area (Å²) in [5.41, 5.74) is 7.28. The lowest BCUT2D eigenvalue weighted by Crippen LogP contribution is -1.97. The Morgan fingerprint density at radius 1 is 0.950 bits per heavy atom. The molecule has 2 aliphatic rings. The van der Waals surface area contributed by atoms with Gasteiger partial charge in [-0.05, 0) is 65.8 Å². The Balaban J connectivity index is 1.69. The summed E-state index contributed by atoms with van der Waals surface area (Å²) in [6.45, 7) is 2.20. The number of hydrogen-bond donors (Lipinski definition) is 0. The van der Waals surface area contributed by atoms with E-state index < -0.39 is 0 Å². The van der Waals surface area contributed by atoms with Crippen LogP contribution in [0.5, 0.6) is 0 Å². The molecule has 2 aliphatic carbocycles. The van der Waals surface area contributed by atoms with Crippen molar-refractivity contribution in [2.24, 2.45) is 0 Å². The summed E-state index contributed by atoms with van der Waals surface area (Å²) in [7, 11) is 0. The number of hydrogen-bond acceptors (Lipinski definition) is 0. The van der Waals surface area contributed by atoms with Gasteiger partial charge in [-0.2, -0.15) is 0 Å². The van der Waals surface area contributed by atoms with Crippen molar-refractivity contribution < 1.29 is 0 Å². The first-order valence-electron chi connectivity index (χ1n) is 7.69. The van der Waals surface area contributed by atoms with Crippen LogP contribution in [-0.4, -0.2) is 0 Å². The molecule has 0 heterocycles. The molecule has 100 valence electrons. The average Bonchev–Trinajstić information content (AvgIpc) is 3.10. The van der Waals surface area contributed by atoms with E-state index in [1.165, 1.54) is 36.0 Å². The molecule has 2 unspecified atom stereocenters. The van der Waals surface area contributed by atoms with E-state index in [1.807, 2.05) is 0 Å². The highest BCUT2D eigenvalue weighted by Crippen LogP contribution is 2.53. The summed E-state index contributed by atoms with van der Waals surface area (Å²) in [5.74, 6) is 1.71. The molecule has 2 atom stereocenters. The molecule has 0 amide bonds. The van der Waals surface area contributed by atoms with Gasteiger partial charge >= 0.3 is 0 Å². The Hall–Kier alpha value is -1.82. The Morgan fingerprint density at radius 2 is 1.70 bits per heavy atom. The normalized spacial score (nSPS) is 23.9. The molecular weight excluding hydrogens is 240 g/mol. The lowest BCUT2D eigenvalue weighted by atomic mass is 9.90. The fourth-order valence-electron chi connectivity index (χ4n) is 3.99. The smallest absolute Gasteiger partial charge is 0.0153 e. The van der Waals surface area contributed by atoms with Gasteiger partial charge in [0, 0.05) is 0 Å². The first-order chi connectivity index (χ1) is 9.81. The highest BCUT2D eigenvalue weighted by Gasteiger charge is 2.36. The minimum Gasteiger partial charge on any atom is -0.0622 e. The molecule has 4 rings (SSSR count). The van der Waals surface area contributed by atoms with Crippen molar-refractivity contribution in [1.29, 1.82) is 0 Å². The van der Waals surface area contributed by atoms with Gasteiger partial charge in [-0.15, -0.1) is 0 Å². The van der Waals surface area contributed by atoms with Gasteiger partial charge in [0.15, 0.2) is 0 Å². The van der Waals surface area contributed by atoms with Crippen LogP contribution >= 0.6 is 0 Å². The van der Waals surface area contributed by atoms with Gasteiger partial charge in [-0.3, -0.25) is 0 Å². The molecule has 2 aromatic rings. The first-order valence-corrected chi connectivity index (χ1v) is 7.69. The quantitative estimate of drug-likeness (QED) is 0.615. The summed E-state index contributed by atoms with van der Waals surface area (Å²) >= 11 is 0. The fourth-order valence-corrected chi connectivity index (χ4v) is 3.99. The van der Waals surface area contributed by atoms with E-state index in [4.69, 9.17) is 0 Å². The van der Waals surface area contributed by atoms with Crippen molar-refractivity contribution in [1.82, 2.24) is 0 Å². The molecular formula is C20H20. The number of fused-ring (bicyclic) bond motifs is 5. The minimum atomic E-state index is 0.848. The van der Waals surface area contributed by atoms with Crippen molar-refractivity contribution >= 4 is 11.6 Å². The van der Waals surface area contributed by atoms with Gasteiger partial charge in [-0.1, -0.05) is 54.6 Å². The standard InChI is InChI=1S/C20H20/c1-14(16-5-3-2-4-6-16)11-15-7-10-19-17-8-9-18(13-17)20(19)12-15/h2-7,10-12,17-18H,8-9,13H2,1H3. The van der Waals surface area contributed by atoms with Crippen LogP contribution in [0, 0.1) is 0 Å². The maximum Gasteiger partial charge on any atom is -0.0153 e. The van der Waals surface area contributed by atoms with Crippen LogP contribution in [-0.2, 0) is 0 Å². The van der Waals surface area contributed by atoms with E-state index in [-0.39, 0.29) is 0 Å². The highest BCUT2D eigenvalue weighted by molar-refractivity contribution is 5.80. The van der Waals surface area contributed by atoms with Crippen LogP contribution in [0.2, 0.25) is 0 Å². The molecule has 2 bridgehead atoms. The topological polar surface area (TPSA) is 0 Å². The molecule has 2 aromatic carbocycles. The van der Waals surface area contributed by atoms with Gasteiger partial charge in [0.05, 0.1) is 0 Å². The van der Waals surface area contributed by atoms with Crippen LogP contribution in [0.4, 0.5) is 0 Å². The molecule has 0 spiro atoms. The number of benzene rings is 2. The van der Waals surface area contributed by atoms with Crippen molar-refractivity contribution in [2.75, 3.05) is 0 Å². The second-order valence-corrected chi connectivity index (χ2v) is 6.29. The largest absolute Gasteiger partial charge is 0.0622 e. The third kappa shape index (κ3) is 1.91. The minimum absolute atomic E-state index is 0.848. The third-order valence-electron chi connectivity index (χ3n) is 5.04. The number of allylic oxidation sites excluding steroid dienone is 1. The van der Waals surface area contributed by atoms with Gasteiger partial charge in [0.25, 0.3) is 0 Å². The van der Waals surface area contributed by atoms with Crippen molar-refractivity contribution in [3.63, 3.8) is 0 Å². The summed E-state index contributed by atoms with van der Waals surface area (Å²) in [5, 5.41) is 0. The number of rotatable bonds is 2. The lowest BCUT2D eigenvalue weighted by molar-refractivity contribution is 0.717. The Bertz CT molecular complexity index is 664. The molecule has 0 nitrogen and oxygen atoms in total. The van der Waals surface area contributed by atoms with Crippen molar-refractivity contribution in [3.05, 3.63) is 70.8 Å². The zero-order chi connectivity index (χ0) is 13.5. The van der Waals surface area contributed by atoms with Crippen LogP contribution in [0.1, 0.15) is 60.3 Å². The second-order valence-electron chi connectivity index (χ2n) is 6.29. The highest BCUT2D eigenvalue weighted by atomic mass is 14.4. The van der Waals surface area contributed by atoms with Crippen LogP contribution < -0.4 is 0 Å². The molecule has 1 saturated carbocycles. The summed E-state index contributed by atoms with van der Waals surface area (Å²) in [6, 6.07) is 17.8. The maximum absolute atomic E-state index is 2.44. The molecule has 20 heavy (non-hydrogen) atoms. The average molecular weight is 260 g/mol. The van der Waals surface area contributed by atoms with E-state index >= 15 is 0 Å². The summed E-state index contributed by atoms with van der Waals surface area (Å²) < 4.78 is 0. The summed E-state index contributed by atoms with van der Waals surface area (Å²) in [6.07, 6.45) is 6.54. The molecule has 0 heteroatoms. The Morgan fingerprint density at radius 3 is 2.50 bits per heavy atom. The van der Waals surface area contributed by atoms with Crippen molar-refractivity contribution in [2.45, 2.75) is 38.0 Å².